The Bertz CT molecular complexity index is 469. The van der Waals surface area contributed by atoms with Crippen molar-refractivity contribution in [2.75, 3.05) is 5.75 Å². The molecule has 0 bridgehead atoms. The maximum Gasteiger partial charge on any atom is 0.321 e. The smallest absolute Gasteiger partial charge is 0.321 e. The van der Waals surface area contributed by atoms with E-state index in [4.69, 9.17) is 0 Å². The molecule has 0 unspecified atom stereocenters. The van der Waals surface area contributed by atoms with Gasteiger partial charge >= 0.3 is 5.97 Å². The Morgan fingerprint density at radius 2 is 1.95 bits per heavy atom. The molecule has 104 valence electrons. The fourth-order valence-electron chi connectivity index (χ4n) is 2.40. The average Bonchev–Trinajstić information content (AvgIpc) is 2.74. The summed E-state index contributed by atoms with van der Waals surface area (Å²) in [6.45, 7) is 6.02. The van der Waals surface area contributed by atoms with E-state index in [1.807, 2.05) is 25.7 Å². The third-order valence-corrected chi connectivity index (χ3v) is 4.54. The number of thioether (sulfide) groups is 1. The van der Waals surface area contributed by atoms with Gasteiger partial charge in [-0.2, -0.15) is 0 Å². The molecular weight excluding hydrogens is 265 g/mol. The number of carboxylic acid groups (broad SMARTS) is 1. The first-order valence-corrected chi connectivity index (χ1v) is 7.24. The number of hydrogen-bond donors (Lipinski definition) is 1. The maximum atomic E-state index is 13.0. The number of benzene rings is 1. The van der Waals surface area contributed by atoms with Crippen molar-refractivity contribution >= 4 is 17.7 Å². The lowest BCUT2D eigenvalue weighted by Crippen LogP contribution is -2.49. The van der Waals surface area contributed by atoms with E-state index in [0.29, 0.717) is 5.75 Å². The van der Waals surface area contributed by atoms with Crippen LogP contribution >= 0.6 is 11.8 Å². The van der Waals surface area contributed by atoms with Crippen molar-refractivity contribution in [2.24, 2.45) is 0 Å². The lowest BCUT2D eigenvalue weighted by atomic mass is 10.0. The molecule has 5 heteroatoms. The van der Waals surface area contributed by atoms with Gasteiger partial charge in [-0.05, 0) is 38.5 Å². The Labute approximate surface area is 116 Å². The van der Waals surface area contributed by atoms with Gasteiger partial charge in [-0.1, -0.05) is 12.1 Å². The lowest BCUT2D eigenvalue weighted by molar-refractivity contribution is -0.144. The summed E-state index contributed by atoms with van der Waals surface area (Å²) in [5.41, 5.74) is 0.691. The van der Waals surface area contributed by atoms with Crippen LogP contribution in [0.3, 0.4) is 0 Å². The van der Waals surface area contributed by atoms with Crippen molar-refractivity contribution in [3.63, 3.8) is 0 Å². The quantitative estimate of drug-likeness (QED) is 0.905. The maximum absolute atomic E-state index is 13.0. The van der Waals surface area contributed by atoms with Crippen LogP contribution in [0.25, 0.3) is 0 Å². The summed E-state index contributed by atoms with van der Waals surface area (Å²) in [6.07, 6.45) is 0. The van der Waals surface area contributed by atoms with Crippen LogP contribution in [-0.4, -0.2) is 33.3 Å². The van der Waals surface area contributed by atoms with Crippen LogP contribution in [0.2, 0.25) is 0 Å². The number of aliphatic carboxylic acids is 1. The van der Waals surface area contributed by atoms with Crippen molar-refractivity contribution in [1.82, 2.24) is 4.90 Å². The summed E-state index contributed by atoms with van der Waals surface area (Å²) in [7, 11) is 0. The monoisotopic (exact) mass is 283 g/mol. The number of hydrogen-bond acceptors (Lipinski definition) is 3. The Hall–Kier alpha value is -1.07. The van der Waals surface area contributed by atoms with Crippen LogP contribution in [0, 0.1) is 5.82 Å². The third kappa shape index (κ3) is 2.92. The molecule has 0 aliphatic carbocycles. The highest BCUT2D eigenvalue weighted by atomic mass is 32.2. The van der Waals surface area contributed by atoms with Gasteiger partial charge in [-0.15, -0.1) is 11.8 Å². The molecule has 0 amide bonds. The number of carbonyl (C=O) groups is 1. The van der Waals surface area contributed by atoms with Gasteiger partial charge in [0.2, 0.25) is 0 Å². The summed E-state index contributed by atoms with van der Waals surface area (Å²) >= 11 is 1.60. The molecule has 1 fully saturated rings. The van der Waals surface area contributed by atoms with E-state index in [1.165, 1.54) is 12.1 Å². The second kappa shape index (κ2) is 5.13. The highest BCUT2D eigenvalue weighted by molar-refractivity contribution is 7.99. The van der Waals surface area contributed by atoms with Gasteiger partial charge in [0.1, 0.15) is 11.9 Å². The largest absolute Gasteiger partial charge is 0.480 e. The first-order valence-electron chi connectivity index (χ1n) is 6.19. The molecule has 0 saturated carbocycles. The van der Waals surface area contributed by atoms with Gasteiger partial charge < -0.3 is 5.11 Å². The predicted octanol–water partition coefficient (Wildman–Crippen LogP) is 3.12. The average molecular weight is 283 g/mol. The number of carboxylic acids is 1. The molecule has 3 nitrogen and oxygen atoms in total. The van der Waals surface area contributed by atoms with Crippen LogP contribution in [0.15, 0.2) is 24.3 Å². The summed E-state index contributed by atoms with van der Waals surface area (Å²) < 4.78 is 13.0. The van der Waals surface area contributed by atoms with E-state index < -0.39 is 12.0 Å². The van der Waals surface area contributed by atoms with Gasteiger partial charge in [0.25, 0.3) is 0 Å². The van der Waals surface area contributed by atoms with E-state index >= 15 is 0 Å². The normalized spacial score (nSPS) is 24.6. The van der Waals surface area contributed by atoms with Crippen molar-refractivity contribution in [3.05, 3.63) is 35.6 Å². The first-order chi connectivity index (χ1) is 8.80. The summed E-state index contributed by atoms with van der Waals surface area (Å²) in [5, 5.41) is 9.30. The molecular formula is C14H18FNO2S. The zero-order valence-corrected chi connectivity index (χ0v) is 12.1. The van der Waals surface area contributed by atoms with Crippen molar-refractivity contribution in [3.8, 4) is 0 Å². The van der Waals surface area contributed by atoms with Gasteiger partial charge in [-0.25, -0.2) is 4.39 Å². The van der Waals surface area contributed by atoms with Crippen LogP contribution in [0.5, 0.6) is 0 Å². The molecule has 1 aliphatic rings. The van der Waals surface area contributed by atoms with Crippen LogP contribution in [0.4, 0.5) is 4.39 Å². The van der Waals surface area contributed by atoms with Gasteiger partial charge in [0.05, 0.1) is 5.37 Å². The fraction of sp³-hybridized carbons (Fsp3) is 0.500. The minimum absolute atomic E-state index is 0.0401. The number of rotatable bonds is 2. The summed E-state index contributed by atoms with van der Waals surface area (Å²) in [6, 6.07) is 5.81. The molecule has 2 atom stereocenters. The third-order valence-electron chi connectivity index (χ3n) is 3.22. The predicted molar refractivity (Wildman–Crippen MR) is 74.6 cm³/mol. The highest BCUT2D eigenvalue weighted by Gasteiger charge is 2.44. The van der Waals surface area contributed by atoms with Gasteiger partial charge in [0, 0.05) is 11.3 Å². The molecule has 1 aromatic carbocycles. The SMILES string of the molecule is CC(C)(C)N1[C@@H](c2ccc(F)cc2)SC[C@H]1C(=O)O. The summed E-state index contributed by atoms with van der Waals surface area (Å²) in [5.74, 6) is -0.523. The Kier molecular flexibility index (Phi) is 3.87. The first kappa shape index (κ1) is 14.3. The fourth-order valence-corrected chi connectivity index (χ4v) is 4.04. The minimum Gasteiger partial charge on any atom is -0.480 e. The van der Waals surface area contributed by atoms with E-state index in [0.717, 1.165) is 5.56 Å². The van der Waals surface area contributed by atoms with E-state index in [9.17, 15) is 14.3 Å². The molecule has 1 aliphatic heterocycles. The molecule has 1 aromatic rings. The van der Waals surface area contributed by atoms with Crippen LogP contribution in [0.1, 0.15) is 31.7 Å². The van der Waals surface area contributed by atoms with Crippen LogP contribution in [-0.2, 0) is 4.79 Å². The zero-order chi connectivity index (χ0) is 14.2. The molecule has 1 N–H and O–H groups in total. The topological polar surface area (TPSA) is 40.5 Å². The van der Waals surface area contributed by atoms with Crippen molar-refractivity contribution in [2.45, 2.75) is 37.7 Å². The van der Waals surface area contributed by atoms with Gasteiger partial charge in [0.15, 0.2) is 0 Å². The molecule has 2 rings (SSSR count). The second-order valence-electron chi connectivity index (χ2n) is 5.67. The standard InChI is InChI=1S/C14H18FNO2S/c1-14(2,3)16-11(13(17)18)8-19-12(16)9-4-6-10(15)7-5-9/h4-7,11-12H,8H2,1-3H3,(H,17,18)/t11-,12+/m0/s1. The Morgan fingerprint density at radius 3 is 2.42 bits per heavy atom. The number of halogens is 1. The molecule has 0 spiro atoms. The van der Waals surface area contributed by atoms with E-state index in [1.54, 1.807) is 23.9 Å². The Balaban J connectivity index is 2.34. The summed E-state index contributed by atoms with van der Waals surface area (Å²) in [4.78, 5) is 13.4. The molecule has 1 saturated heterocycles. The van der Waals surface area contributed by atoms with Crippen molar-refractivity contribution in [1.29, 1.82) is 0 Å². The Morgan fingerprint density at radius 1 is 1.37 bits per heavy atom. The van der Waals surface area contributed by atoms with E-state index in [-0.39, 0.29) is 16.7 Å². The molecule has 0 aromatic heterocycles. The molecule has 0 radical (unpaired) electrons. The van der Waals surface area contributed by atoms with Crippen molar-refractivity contribution < 1.29 is 14.3 Å². The highest BCUT2D eigenvalue weighted by Crippen LogP contribution is 2.45. The van der Waals surface area contributed by atoms with Gasteiger partial charge in [-0.3, -0.25) is 9.69 Å². The lowest BCUT2D eigenvalue weighted by Gasteiger charge is -2.39. The zero-order valence-electron chi connectivity index (χ0n) is 11.3. The van der Waals surface area contributed by atoms with Crippen LogP contribution < -0.4 is 0 Å². The van der Waals surface area contributed by atoms with E-state index in [2.05, 4.69) is 0 Å². The molecule has 19 heavy (non-hydrogen) atoms. The second-order valence-corrected chi connectivity index (χ2v) is 6.78. The molecule has 1 heterocycles. The minimum atomic E-state index is -0.799. The number of nitrogens with zero attached hydrogens (tertiary/aromatic N) is 1.